The summed E-state index contributed by atoms with van der Waals surface area (Å²) in [6.45, 7) is 4.64. The summed E-state index contributed by atoms with van der Waals surface area (Å²) in [5.74, 6) is 0.881. The Hall–Kier alpha value is -1.75. The summed E-state index contributed by atoms with van der Waals surface area (Å²) in [7, 11) is 0. The van der Waals surface area contributed by atoms with Gasteiger partial charge in [0.05, 0.1) is 12.7 Å². The van der Waals surface area contributed by atoms with E-state index >= 15 is 0 Å². The Morgan fingerprint density at radius 3 is 3.00 bits per heavy atom. The third-order valence-corrected chi connectivity index (χ3v) is 5.23. The lowest BCUT2D eigenvalue weighted by Gasteiger charge is -2.30. The van der Waals surface area contributed by atoms with Crippen LogP contribution in [0.2, 0.25) is 0 Å². The van der Waals surface area contributed by atoms with Crippen molar-refractivity contribution < 1.29 is 14.6 Å². The van der Waals surface area contributed by atoms with E-state index in [0.717, 1.165) is 18.4 Å². The van der Waals surface area contributed by atoms with Gasteiger partial charge in [-0.25, -0.2) is 4.79 Å². The molecule has 5 nitrogen and oxygen atoms in total. The number of phenolic OH excluding ortho intramolecular Hbond substituents is 1. The fourth-order valence-corrected chi connectivity index (χ4v) is 3.73. The predicted octanol–water partition coefficient (Wildman–Crippen LogP) is 3.06. The van der Waals surface area contributed by atoms with Crippen molar-refractivity contribution in [2.45, 2.75) is 51.7 Å². The lowest BCUT2D eigenvalue weighted by Crippen LogP contribution is -2.44. The summed E-state index contributed by atoms with van der Waals surface area (Å²) in [6, 6.07) is 5.35. The summed E-state index contributed by atoms with van der Waals surface area (Å²) in [6.07, 6.45) is 6.13. The van der Waals surface area contributed by atoms with Crippen LogP contribution in [0.1, 0.15) is 43.7 Å². The number of carbonyl (C=O) groups excluding carboxylic acids is 1. The number of hydrogen-bond donors (Lipinski definition) is 2. The summed E-state index contributed by atoms with van der Waals surface area (Å²) in [4.78, 5) is 14.1. The zero-order chi connectivity index (χ0) is 16.9. The van der Waals surface area contributed by atoms with Gasteiger partial charge in [-0.05, 0) is 48.4 Å². The number of rotatable bonds is 4. The van der Waals surface area contributed by atoms with Crippen LogP contribution >= 0.6 is 0 Å². The number of aromatic hydroxyl groups is 1. The molecule has 1 heterocycles. The van der Waals surface area contributed by atoms with Crippen molar-refractivity contribution in [1.29, 1.82) is 0 Å². The molecule has 2 atom stereocenters. The second-order valence-electron chi connectivity index (χ2n) is 7.03. The molecule has 0 aromatic heterocycles. The molecule has 1 fully saturated rings. The number of amides is 2. The smallest absolute Gasteiger partial charge is 0.317 e. The highest BCUT2D eigenvalue weighted by molar-refractivity contribution is 5.74. The highest BCUT2D eigenvalue weighted by atomic mass is 16.5. The predicted molar refractivity (Wildman–Crippen MR) is 93.0 cm³/mol. The zero-order valence-electron chi connectivity index (χ0n) is 14.5. The number of ether oxygens (including phenoxy) is 1. The number of benzene rings is 1. The van der Waals surface area contributed by atoms with Crippen LogP contribution < -0.4 is 5.32 Å². The van der Waals surface area contributed by atoms with E-state index in [1.165, 1.54) is 24.8 Å². The molecule has 1 aromatic carbocycles. The minimum absolute atomic E-state index is 0.0516. The molecule has 1 saturated carbocycles. The van der Waals surface area contributed by atoms with Crippen LogP contribution in [0, 0.1) is 5.92 Å². The first-order valence-electron chi connectivity index (χ1n) is 9.08. The third-order valence-electron chi connectivity index (χ3n) is 5.23. The lowest BCUT2D eigenvalue weighted by atomic mass is 9.88. The van der Waals surface area contributed by atoms with Crippen LogP contribution in [0.3, 0.4) is 0 Å². The molecule has 1 aliphatic carbocycles. The molecule has 3 rings (SSSR count). The fraction of sp³-hybridized carbons (Fsp3) is 0.632. The van der Waals surface area contributed by atoms with Gasteiger partial charge in [0.2, 0.25) is 0 Å². The first-order chi connectivity index (χ1) is 11.6. The summed E-state index contributed by atoms with van der Waals surface area (Å²) >= 11 is 0. The van der Waals surface area contributed by atoms with Crippen molar-refractivity contribution in [3.05, 3.63) is 29.3 Å². The third kappa shape index (κ3) is 4.20. The Balaban J connectivity index is 1.41. The summed E-state index contributed by atoms with van der Waals surface area (Å²) < 4.78 is 5.94. The zero-order valence-corrected chi connectivity index (χ0v) is 14.5. The number of fused-ring (bicyclic) bond motifs is 1. The van der Waals surface area contributed by atoms with Crippen molar-refractivity contribution in [2.24, 2.45) is 5.92 Å². The Morgan fingerprint density at radius 2 is 2.17 bits per heavy atom. The van der Waals surface area contributed by atoms with E-state index in [9.17, 15) is 9.90 Å². The number of hydrogen-bond acceptors (Lipinski definition) is 3. The average molecular weight is 332 g/mol. The fourth-order valence-electron chi connectivity index (χ4n) is 3.73. The normalized spacial score (nSPS) is 23.6. The van der Waals surface area contributed by atoms with Crippen molar-refractivity contribution >= 4 is 6.03 Å². The highest BCUT2D eigenvalue weighted by Crippen LogP contribution is 2.26. The number of phenols is 1. The summed E-state index contributed by atoms with van der Waals surface area (Å²) in [5, 5.41) is 12.5. The second-order valence-corrected chi connectivity index (χ2v) is 7.03. The maximum atomic E-state index is 12.3. The minimum atomic E-state index is -0.0516. The molecule has 5 heteroatoms. The maximum Gasteiger partial charge on any atom is 0.317 e. The van der Waals surface area contributed by atoms with Crippen LogP contribution in [0.15, 0.2) is 18.2 Å². The Morgan fingerprint density at radius 1 is 1.33 bits per heavy atom. The number of nitrogens with zero attached hydrogens (tertiary/aromatic N) is 1. The van der Waals surface area contributed by atoms with E-state index in [1.54, 1.807) is 17.0 Å². The number of urea groups is 1. The van der Waals surface area contributed by atoms with Gasteiger partial charge in [0.15, 0.2) is 0 Å². The standard InChI is InChI=1S/C19H28N2O3/c1-14-4-2-3-5-18(14)24-11-9-20-19(23)21-10-8-15-6-7-17(22)12-16(15)13-21/h6-7,12,14,18,22H,2-5,8-11,13H2,1H3,(H,20,23)/t14-,18-/m1/s1. The van der Waals surface area contributed by atoms with Crippen LogP contribution in [0.4, 0.5) is 4.79 Å². The van der Waals surface area contributed by atoms with Gasteiger partial charge in [-0.2, -0.15) is 0 Å². The van der Waals surface area contributed by atoms with Gasteiger partial charge in [-0.3, -0.25) is 0 Å². The average Bonchev–Trinajstić information content (AvgIpc) is 2.59. The first kappa shape index (κ1) is 17.1. The topological polar surface area (TPSA) is 61.8 Å². The van der Waals surface area contributed by atoms with Gasteiger partial charge in [-0.1, -0.05) is 25.8 Å². The minimum Gasteiger partial charge on any atom is -0.508 e. The lowest BCUT2D eigenvalue weighted by molar-refractivity contribution is -0.00274. The van der Waals surface area contributed by atoms with Gasteiger partial charge in [0, 0.05) is 19.6 Å². The molecular weight excluding hydrogens is 304 g/mol. The molecule has 0 unspecified atom stereocenters. The van der Waals surface area contributed by atoms with Crippen molar-refractivity contribution in [3.8, 4) is 5.75 Å². The van der Waals surface area contributed by atoms with E-state index in [1.807, 2.05) is 6.07 Å². The molecule has 1 aromatic rings. The van der Waals surface area contributed by atoms with Gasteiger partial charge < -0.3 is 20.1 Å². The van der Waals surface area contributed by atoms with Gasteiger partial charge in [-0.15, -0.1) is 0 Å². The highest BCUT2D eigenvalue weighted by Gasteiger charge is 2.23. The van der Waals surface area contributed by atoms with Crippen molar-refractivity contribution in [1.82, 2.24) is 10.2 Å². The van der Waals surface area contributed by atoms with Crippen molar-refractivity contribution in [3.63, 3.8) is 0 Å². The molecule has 24 heavy (non-hydrogen) atoms. The monoisotopic (exact) mass is 332 g/mol. The van der Waals surface area contributed by atoms with Crippen LogP contribution in [-0.4, -0.2) is 41.8 Å². The molecule has 2 amide bonds. The van der Waals surface area contributed by atoms with Crippen LogP contribution in [0.5, 0.6) is 5.75 Å². The molecule has 0 bridgehead atoms. The second kappa shape index (κ2) is 7.88. The van der Waals surface area contributed by atoms with Crippen LogP contribution in [-0.2, 0) is 17.7 Å². The molecule has 1 aliphatic heterocycles. The van der Waals surface area contributed by atoms with Gasteiger partial charge in [0.1, 0.15) is 5.75 Å². The molecular formula is C19H28N2O3. The van der Waals surface area contributed by atoms with E-state index in [0.29, 0.717) is 38.3 Å². The Labute approximate surface area is 144 Å². The van der Waals surface area contributed by atoms with Crippen LogP contribution in [0.25, 0.3) is 0 Å². The van der Waals surface area contributed by atoms with E-state index in [4.69, 9.17) is 4.74 Å². The number of nitrogens with one attached hydrogen (secondary N) is 1. The van der Waals surface area contributed by atoms with Gasteiger partial charge in [0.25, 0.3) is 0 Å². The molecule has 132 valence electrons. The largest absolute Gasteiger partial charge is 0.508 e. The van der Waals surface area contributed by atoms with E-state index in [2.05, 4.69) is 12.2 Å². The quantitative estimate of drug-likeness (QED) is 0.833. The summed E-state index contributed by atoms with van der Waals surface area (Å²) in [5.41, 5.74) is 2.25. The molecule has 0 saturated heterocycles. The molecule has 0 spiro atoms. The first-order valence-corrected chi connectivity index (χ1v) is 9.08. The Kier molecular flexibility index (Phi) is 5.61. The van der Waals surface area contributed by atoms with E-state index < -0.39 is 0 Å². The van der Waals surface area contributed by atoms with E-state index in [-0.39, 0.29) is 11.8 Å². The number of carbonyl (C=O) groups is 1. The van der Waals surface area contributed by atoms with Crippen molar-refractivity contribution in [2.75, 3.05) is 19.7 Å². The van der Waals surface area contributed by atoms with Gasteiger partial charge >= 0.3 is 6.03 Å². The maximum absolute atomic E-state index is 12.3. The SMILES string of the molecule is C[C@@H]1CCCC[C@H]1OCCNC(=O)N1CCc2ccc(O)cc2C1. The molecule has 0 radical (unpaired) electrons. The molecule has 2 N–H and O–H groups in total. The molecule has 2 aliphatic rings. The Bertz CT molecular complexity index is 576.